The Morgan fingerprint density at radius 2 is 2.05 bits per heavy atom. The molecule has 0 unspecified atom stereocenters. The summed E-state index contributed by atoms with van der Waals surface area (Å²) in [5.41, 5.74) is 0.509. The van der Waals surface area contributed by atoms with Crippen molar-refractivity contribution in [2.75, 3.05) is 0 Å². The first-order chi connectivity index (χ1) is 9.46. The summed E-state index contributed by atoms with van der Waals surface area (Å²) in [4.78, 5) is 16.1. The topological polar surface area (TPSA) is 52.3 Å². The van der Waals surface area contributed by atoms with E-state index in [1.54, 1.807) is 0 Å². The molecule has 0 aliphatic carbocycles. The highest BCUT2D eigenvalue weighted by Gasteiger charge is 2.29. The fraction of sp³-hybridized carbons (Fsp3) is 0.375. The third kappa shape index (κ3) is 3.95. The van der Waals surface area contributed by atoms with Crippen molar-refractivity contribution in [1.82, 2.24) is 4.98 Å². The highest BCUT2D eigenvalue weighted by Crippen LogP contribution is 2.24. The molecule has 0 saturated carbocycles. The van der Waals surface area contributed by atoms with Crippen molar-refractivity contribution in [2.45, 2.75) is 38.7 Å². The van der Waals surface area contributed by atoms with Crippen molar-refractivity contribution in [2.24, 2.45) is 0 Å². The highest BCUT2D eigenvalue weighted by molar-refractivity contribution is 5.78. The van der Waals surface area contributed by atoms with Gasteiger partial charge in [-0.05, 0) is 32.8 Å². The van der Waals surface area contributed by atoms with Gasteiger partial charge < -0.3 is 9.15 Å². The monoisotopic (exact) mass is 272 g/mol. The summed E-state index contributed by atoms with van der Waals surface area (Å²) < 4.78 is 10.6. The molecule has 0 aliphatic heterocycles. The standard InChI is InChI=1S/C16H18NO3/c1-16(2,3)20-15(18)13(14-10-17-11-19-14)9-12-7-5-4-6-8-12/h4-8,10,13H,9H2,1-3H3/t13-/m0/s1. The van der Waals surface area contributed by atoms with E-state index in [9.17, 15) is 4.79 Å². The van der Waals surface area contributed by atoms with Gasteiger partial charge in [-0.15, -0.1) is 0 Å². The normalized spacial score (nSPS) is 12.9. The third-order valence-corrected chi connectivity index (χ3v) is 2.73. The lowest BCUT2D eigenvalue weighted by Crippen LogP contribution is -2.28. The second-order valence-electron chi connectivity index (χ2n) is 5.63. The zero-order chi connectivity index (χ0) is 14.6. The molecule has 0 saturated heterocycles. The highest BCUT2D eigenvalue weighted by atomic mass is 16.6. The summed E-state index contributed by atoms with van der Waals surface area (Å²) in [6, 6.07) is 9.76. The number of nitrogens with zero attached hydrogens (tertiary/aromatic N) is 1. The van der Waals surface area contributed by atoms with Gasteiger partial charge in [-0.2, -0.15) is 0 Å². The van der Waals surface area contributed by atoms with Crippen LogP contribution in [0.1, 0.15) is 38.0 Å². The van der Waals surface area contributed by atoms with Crippen molar-refractivity contribution < 1.29 is 13.9 Å². The van der Waals surface area contributed by atoms with E-state index >= 15 is 0 Å². The van der Waals surface area contributed by atoms with Gasteiger partial charge in [0.1, 0.15) is 17.3 Å². The van der Waals surface area contributed by atoms with Crippen LogP contribution < -0.4 is 0 Å². The van der Waals surface area contributed by atoms with E-state index < -0.39 is 11.5 Å². The first kappa shape index (κ1) is 14.3. The Labute approximate surface area is 118 Å². The van der Waals surface area contributed by atoms with Gasteiger partial charge in [0.2, 0.25) is 0 Å². The number of ether oxygens (including phenoxy) is 1. The minimum atomic E-state index is -0.532. The molecule has 1 radical (unpaired) electrons. The van der Waals surface area contributed by atoms with Crippen LogP contribution >= 0.6 is 0 Å². The molecule has 4 nitrogen and oxygen atoms in total. The predicted molar refractivity (Wildman–Crippen MR) is 74.1 cm³/mol. The summed E-state index contributed by atoms with van der Waals surface area (Å²) >= 11 is 0. The lowest BCUT2D eigenvalue weighted by molar-refractivity contribution is -0.157. The first-order valence-electron chi connectivity index (χ1n) is 6.54. The predicted octanol–water partition coefficient (Wildman–Crippen LogP) is 3.14. The minimum Gasteiger partial charge on any atom is -0.459 e. The minimum absolute atomic E-state index is 0.313. The van der Waals surface area contributed by atoms with Gasteiger partial charge in [-0.25, -0.2) is 4.98 Å². The van der Waals surface area contributed by atoms with Crippen molar-refractivity contribution in [1.29, 1.82) is 0 Å². The molecule has 105 valence electrons. The fourth-order valence-electron chi connectivity index (χ4n) is 1.88. The second-order valence-corrected chi connectivity index (χ2v) is 5.63. The molecule has 0 spiro atoms. The van der Waals surface area contributed by atoms with Crippen LogP contribution in [-0.2, 0) is 16.0 Å². The first-order valence-corrected chi connectivity index (χ1v) is 6.54. The van der Waals surface area contributed by atoms with Crippen molar-refractivity contribution in [3.05, 3.63) is 54.2 Å². The second kappa shape index (κ2) is 5.90. The number of aromatic nitrogens is 1. The van der Waals surface area contributed by atoms with E-state index in [-0.39, 0.29) is 5.97 Å². The van der Waals surface area contributed by atoms with Gasteiger partial charge in [0.25, 0.3) is 6.39 Å². The van der Waals surface area contributed by atoms with E-state index in [1.807, 2.05) is 51.1 Å². The van der Waals surface area contributed by atoms with E-state index in [0.29, 0.717) is 12.2 Å². The Balaban J connectivity index is 2.20. The van der Waals surface area contributed by atoms with E-state index in [2.05, 4.69) is 11.4 Å². The van der Waals surface area contributed by atoms with Gasteiger partial charge in [0.15, 0.2) is 0 Å². The summed E-state index contributed by atoms with van der Waals surface area (Å²) in [5, 5.41) is 0. The zero-order valence-corrected chi connectivity index (χ0v) is 11.9. The van der Waals surface area contributed by atoms with Crippen LogP contribution in [0.25, 0.3) is 0 Å². The summed E-state index contributed by atoms with van der Waals surface area (Å²) in [7, 11) is 0. The quantitative estimate of drug-likeness (QED) is 0.802. The number of hydrogen-bond donors (Lipinski definition) is 0. The number of carbonyl (C=O) groups excluding carboxylic acids is 1. The van der Waals surface area contributed by atoms with Crippen LogP contribution in [0.15, 0.2) is 40.9 Å². The Bertz CT molecular complexity index is 541. The van der Waals surface area contributed by atoms with Crippen LogP contribution in [0.2, 0.25) is 0 Å². The maximum atomic E-state index is 12.3. The zero-order valence-electron chi connectivity index (χ0n) is 11.9. The van der Waals surface area contributed by atoms with Crippen LogP contribution in [0.5, 0.6) is 0 Å². The molecular formula is C16H18NO3. The largest absolute Gasteiger partial charge is 0.459 e. The average Bonchev–Trinajstić information content (AvgIpc) is 2.88. The average molecular weight is 272 g/mol. The van der Waals surface area contributed by atoms with Crippen molar-refractivity contribution in [3.8, 4) is 0 Å². The Hall–Kier alpha value is -2.10. The summed E-state index contributed by atoms with van der Waals surface area (Å²) in [5.74, 6) is -0.343. The number of rotatable bonds is 4. The Kier molecular flexibility index (Phi) is 4.23. The van der Waals surface area contributed by atoms with Gasteiger partial charge in [-0.3, -0.25) is 4.79 Å². The smallest absolute Gasteiger partial charge is 0.317 e. The molecule has 0 amide bonds. The van der Waals surface area contributed by atoms with E-state index in [1.165, 1.54) is 6.20 Å². The molecule has 0 N–H and O–H groups in total. The molecular weight excluding hydrogens is 254 g/mol. The summed E-state index contributed by atoms with van der Waals surface area (Å²) in [6.45, 7) is 5.53. The number of hydrogen-bond acceptors (Lipinski definition) is 4. The van der Waals surface area contributed by atoms with Crippen LogP contribution in [0, 0.1) is 6.39 Å². The van der Waals surface area contributed by atoms with Gasteiger partial charge >= 0.3 is 5.97 Å². The molecule has 2 rings (SSSR count). The Morgan fingerprint density at radius 1 is 1.35 bits per heavy atom. The summed E-state index contributed by atoms with van der Waals surface area (Å²) in [6.07, 6.45) is 4.41. The maximum absolute atomic E-state index is 12.3. The SMILES string of the molecule is CC(C)(C)OC(=O)[C@@H](Cc1ccccc1)c1cn[c]o1. The molecule has 1 atom stereocenters. The van der Waals surface area contributed by atoms with Crippen LogP contribution in [0.4, 0.5) is 0 Å². The van der Waals surface area contributed by atoms with Crippen molar-refractivity contribution in [3.63, 3.8) is 0 Å². The molecule has 0 fully saturated rings. The van der Waals surface area contributed by atoms with Crippen LogP contribution in [0.3, 0.4) is 0 Å². The maximum Gasteiger partial charge on any atom is 0.317 e. The van der Waals surface area contributed by atoms with Gasteiger partial charge in [0.05, 0.1) is 6.20 Å². The number of benzene rings is 1. The fourth-order valence-corrected chi connectivity index (χ4v) is 1.88. The Morgan fingerprint density at radius 3 is 2.60 bits per heavy atom. The number of esters is 1. The van der Waals surface area contributed by atoms with E-state index in [0.717, 1.165) is 5.56 Å². The van der Waals surface area contributed by atoms with Crippen LogP contribution in [-0.4, -0.2) is 16.6 Å². The lowest BCUT2D eigenvalue weighted by Gasteiger charge is -2.23. The number of carbonyl (C=O) groups is 1. The molecule has 2 aromatic rings. The molecule has 20 heavy (non-hydrogen) atoms. The van der Waals surface area contributed by atoms with E-state index in [4.69, 9.17) is 9.15 Å². The molecule has 1 aromatic heterocycles. The molecule has 1 heterocycles. The third-order valence-electron chi connectivity index (χ3n) is 2.73. The lowest BCUT2D eigenvalue weighted by atomic mass is 9.97. The molecule has 1 aromatic carbocycles. The van der Waals surface area contributed by atoms with Gasteiger partial charge in [0, 0.05) is 0 Å². The molecule has 4 heteroatoms. The molecule has 0 aliphatic rings. The molecule has 0 bridgehead atoms. The number of oxazole rings is 1. The van der Waals surface area contributed by atoms with Crippen molar-refractivity contribution >= 4 is 5.97 Å². The van der Waals surface area contributed by atoms with Gasteiger partial charge in [-0.1, -0.05) is 30.3 Å².